The summed E-state index contributed by atoms with van der Waals surface area (Å²) < 4.78 is 15.9. The van der Waals surface area contributed by atoms with E-state index in [2.05, 4.69) is 5.32 Å². The molecular formula is C24H30N2O7. The van der Waals surface area contributed by atoms with E-state index in [4.69, 9.17) is 13.9 Å². The van der Waals surface area contributed by atoms with E-state index >= 15 is 0 Å². The Labute approximate surface area is 192 Å². The Kier molecular flexibility index (Phi) is 6.88. The number of hydrogen-bond acceptors (Lipinski definition) is 6. The van der Waals surface area contributed by atoms with Gasteiger partial charge in [-0.2, -0.15) is 0 Å². The third-order valence-corrected chi connectivity index (χ3v) is 6.88. The monoisotopic (exact) mass is 458 g/mol. The Morgan fingerprint density at radius 2 is 1.91 bits per heavy atom. The molecule has 33 heavy (non-hydrogen) atoms. The SMILES string of the molecule is CCOC(=O)c1cc2cc(NC(=O)[C@@H]3[C@H](C4CCC(OC)CC4)CCN3C(=O)O)ccc2o1. The number of benzene rings is 1. The first-order valence-corrected chi connectivity index (χ1v) is 11.4. The number of hydrogen-bond donors (Lipinski definition) is 2. The van der Waals surface area contributed by atoms with Gasteiger partial charge < -0.3 is 24.3 Å². The van der Waals surface area contributed by atoms with E-state index < -0.39 is 18.1 Å². The number of esters is 1. The summed E-state index contributed by atoms with van der Waals surface area (Å²) in [5, 5.41) is 13.2. The molecule has 0 radical (unpaired) electrons. The van der Waals surface area contributed by atoms with Gasteiger partial charge in [0, 0.05) is 24.7 Å². The standard InChI is InChI=1S/C24H30N2O7/c1-3-32-23(28)20-13-15-12-16(6-9-19(15)33-20)25-22(27)21-18(10-11-26(21)24(29)30)14-4-7-17(31-2)8-5-14/h6,9,12-14,17-18,21H,3-5,7-8,10-11H2,1-2H3,(H,25,27)(H,29,30)/t14?,17?,18-,21-/m0/s1. The molecule has 2 atom stereocenters. The van der Waals surface area contributed by atoms with Crippen molar-refractivity contribution in [3.8, 4) is 0 Å². The van der Waals surface area contributed by atoms with Crippen molar-refractivity contribution in [3.05, 3.63) is 30.0 Å². The predicted octanol–water partition coefficient (Wildman–Crippen LogP) is 4.12. The van der Waals surface area contributed by atoms with Crippen LogP contribution in [0.5, 0.6) is 0 Å². The van der Waals surface area contributed by atoms with Crippen molar-refractivity contribution in [3.63, 3.8) is 0 Å². The number of rotatable bonds is 6. The molecule has 1 aliphatic carbocycles. The van der Waals surface area contributed by atoms with E-state index in [-0.39, 0.29) is 30.3 Å². The average Bonchev–Trinajstić information content (AvgIpc) is 3.44. The lowest BCUT2D eigenvalue weighted by molar-refractivity contribution is -0.121. The number of nitrogens with one attached hydrogen (secondary N) is 1. The summed E-state index contributed by atoms with van der Waals surface area (Å²) in [6.45, 7) is 2.31. The topological polar surface area (TPSA) is 118 Å². The fraction of sp³-hybridized carbons (Fsp3) is 0.542. The highest BCUT2D eigenvalue weighted by molar-refractivity contribution is 5.99. The molecule has 2 N–H and O–H groups in total. The van der Waals surface area contributed by atoms with Gasteiger partial charge in [-0.3, -0.25) is 9.69 Å². The largest absolute Gasteiger partial charge is 0.465 e. The second kappa shape index (κ2) is 9.82. The Morgan fingerprint density at radius 1 is 1.15 bits per heavy atom. The second-order valence-corrected chi connectivity index (χ2v) is 8.72. The van der Waals surface area contributed by atoms with Gasteiger partial charge in [0.05, 0.1) is 12.7 Å². The van der Waals surface area contributed by atoms with Gasteiger partial charge in [0.2, 0.25) is 11.7 Å². The Bertz CT molecular complexity index is 1020. The zero-order valence-electron chi connectivity index (χ0n) is 18.9. The molecule has 0 unspecified atom stereocenters. The molecule has 0 spiro atoms. The molecule has 1 aliphatic heterocycles. The summed E-state index contributed by atoms with van der Waals surface area (Å²) in [6, 6.07) is 5.89. The first-order chi connectivity index (χ1) is 15.9. The van der Waals surface area contributed by atoms with Crippen LogP contribution in [0.25, 0.3) is 11.0 Å². The molecule has 1 aromatic carbocycles. The summed E-state index contributed by atoms with van der Waals surface area (Å²) in [4.78, 5) is 38.3. The maximum Gasteiger partial charge on any atom is 0.407 e. The van der Waals surface area contributed by atoms with Crippen molar-refractivity contribution in [1.29, 1.82) is 0 Å². The highest BCUT2D eigenvalue weighted by atomic mass is 16.5. The minimum Gasteiger partial charge on any atom is -0.465 e. The molecule has 2 heterocycles. The zero-order valence-corrected chi connectivity index (χ0v) is 18.9. The quantitative estimate of drug-likeness (QED) is 0.625. The first kappa shape index (κ1) is 23.1. The Hall–Kier alpha value is -3.07. The molecule has 0 bridgehead atoms. The molecule has 2 aliphatic rings. The number of ether oxygens (including phenoxy) is 2. The number of carbonyl (C=O) groups excluding carboxylic acids is 2. The number of nitrogens with zero attached hydrogens (tertiary/aromatic N) is 1. The van der Waals surface area contributed by atoms with Crippen LogP contribution in [-0.2, 0) is 14.3 Å². The van der Waals surface area contributed by atoms with Gasteiger partial charge in [-0.15, -0.1) is 0 Å². The summed E-state index contributed by atoms with van der Waals surface area (Å²) in [7, 11) is 1.72. The molecule has 4 rings (SSSR count). The van der Waals surface area contributed by atoms with Crippen LogP contribution in [0.15, 0.2) is 28.7 Å². The predicted molar refractivity (Wildman–Crippen MR) is 120 cm³/mol. The normalized spacial score (nSPS) is 25.2. The highest BCUT2D eigenvalue weighted by Gasteiger charge is 2.46. The first-order valence-electron chi connectivity index (χ1n) is 11.4. The van der Waals surface area contributed by atoms with Crippen molar-refractivity contribution in [2.75, 3.05) is 25.6 Å². The van der Waals surface area contributed by atoms with Crippen LogP contribution in [0.4, 0.5) is 10.5 Å². The summed E-state index contributed by atoms with van der Waals surface area (Å²) in [6.07, 6.45) is 3.56. The van der Waals surface area contributed by atoms with Crippen LogP contribution in [0.1, 0.15) is 49.6 Å². The van der Waals surface area contributed by atoms with Crippen LogP contribution in [0, 0.1) is 11.8 Å². The number of amides is 2. The van der Waals surface area contributed by atoms with Crippen molar-refractivity contribution in [1.82, 2.24) is 4.90 Å². The molecule has 178 valence electrons. The van der Waals surface area contributed by atoms with Gasteiger partial charge in [0.15, 0.2) is 0 Å². The summed E-state index contributed by atoms with van der Waals surface area (Å²) in [5.41, 5.74) is 1.01. The number of likely N-dealkylation sites (tertiary alicyclic amines) is 1. The fourth-order valence-corrected chi connectivity index (χ4v) is 5.25. The third-order valence-electron chi connectivity index (χ3n) is 6.88. The van der Waals surface area contributed by atoms with Crippen molar-refractivity contribution < 1.29 is 33.4 Å². The Morgan fingerprint density at radius 3 is 2.58 bits per heavy atom. The van der Waals surface area contributed by atoms with Crippen LogP contribution < -0.4 is 5.32 Å². The van der Waals surface area contributed by atoms with Crippen molar-refractivity contribution in [2.45, 2.75) is 51.2 Å². The number of furan rings is 1. The summed E-state index contributed by atoms with van der Waals surface area (Å²) in [5.74, 6) is -0.516. The van der Waals surface area contributed by atoms with Gasteiger partial charge in [-0.25, -0.2) is 9.59 Å². The molecule has 1 saturated carbocycles. The lowest BCUT2D eigenvalue weighted by Crippen LogP contribution is -2.47. The molecular weight excluding hydrogens is 428 g/mol. The molecule has 2 fully saturated rings. The lowest BCUT2D eigenvalue weighted by atomic mass is 9.75. The molecule has 9 heteroatoms. The molecule has 1 saturated heterocycles. The van der Waals surface area contributed by atoms with Crippen LogP contribution >= 0.6 is 0 Å². The van der Waals surface area contributed by atoms with Gasteiger partial charge in [0.1, 0.15) is 11.6 Å². The fourth-order valence-electron chi connectivity index (χ4n) is 5.25. The van der Waals surface area contributed by atoms with Crippen molar-refractivity contribution >= 4 is 34.6 Å². The molecule has 9 nitrogen and oxygen atoms in total. The van der Waals surface area contributed by atoms with Crippen LogP contribution in [-0.4, -0.2) is 60.4 Å². The molecule has 2 amide bonds. The van der Waals surface area contributed by atoms with Gasteiger partial charge >= 0.3 is 12.1 Å². The second-order valence-electron chi connectivity index (χ2n) is 8.72. The van der Waals surface area contributed by atoms with E-state index in [1.807, 2.05) is 0 Å². The number of carboxylic acid groups (broad SMARTS) is 1. The maximum atomic E-state index is 13.3. The minimum absolute atomic E-state index is 0.0213. The van der Waals surface area contributed by atoms with Gasteiger partial charge in [0.25, 0.3) is 0 Å². The number of fused-ring (bicyclic) bond motifs is 1. The zero-order chi connectivity index (χ0) is 23.5. The van der Waals surface area contributed by atoms with Crippen LogP contribution in [0.2, 0.25) is 0 Å². The molecule has 2 aromatic rings. The van der Waals surface area contributed by atoms with E-state index in [0.717, 1.165) is 25.7 Å². The maximum absolute atomic E-state index is 13.3. The van der Waals surface area contributed by atoms with Gasteiger partial charge in [-0.05, 0) is 75.1 Å². The summed E-state index contributed by atoms with van der Waals surface area (Å²) >= 11 is 0. The Balaban J connectivity index is 1.51. The number of anilines is 1. The number of carbonyl (C=O) groups is 3. The van der Waals surface area contributed by atoms with E-state index in [0.29, 0.717) is 35.5 Å². The van der Waals surface area contributed by atoms with E-state index in [9.17, 15) is 19.5 Å². The third kappa shape index (κ3) is 4.83. The average molecular weight is 459 g/mol. The number of methoxy groups -OCH3 is 1. The lowest BCUT2D eigenvalue weighted by Gasteiger charge is -2.35. The molecule has 1 aromatic heterocycles. The van der Waals surface area contributed by atoms with Gasteiger partial charge in [-0.1, -0.05) is 0 Å². The van der Waals surface area contributed by atoms with Crippen LogP contribution in [0.3, 0.4) is 0 Å². The van der Waals surface area contributed by atoms with E-state index in [1.165, 1.54) is 4.90 Å². The minimum atomic E-state index is -1.08. The van der Waals surface area contributed by atoms with Crippen molar-refractivity contribution in [2.24, 2.45) is 11.8 Å². The smallest absolute Gasteiger partial charge is 0.407 e. The van der Waals surface area contributed by atoms with E-state index in [1.54, 1.807) is 38.3 Å². The highest BCUT2D eigenvalue weighted by Crippen LogP contribution is 2.40.